The summed E-state index contributed by atoms with van der Waals surface area (Å²) in [6, 6.07) is 7.94. The van der Waals surface area contributed by atoms with Crippen LogP contribution in [0.1, 0.15) is 24.8 Å². The summed E-state index contributed by atoms with van der Waals surface area (Å²) >= 11 is 3.49. The van der Waals surface area contributed by atoms with Crippen molar-refractivity contribution in [2.45, 2.75) is 24.8 Å². The minimum atomic E-state index is -0.290. The van der Waals surface area contributed by atoms with Crippen LogP contribution in [0, 0.1) is 0 Å². The van der Waals surface area contributed by atoms with E-state index in [1.54, 1.807) is 6.08 Å². The van der Waals surface area contributed by atoms with Crippen molar-refractivity contribution in [3.05, 3.63) is 34.3 Å². The zero-order valence-electron chi connectivity index (χ0n) is 7.66. The molecule has 1 saturated carbocycles. The maximum Gasteiger partial charge on any atom is 0.235 e. The maximum atomic E-state index is 10.4. The molecule has 72 valence electrons. The van der Waals surface area contributed by atoms with E-state index in [1.807, 2.05) is 24.3 Å². The normalized spacial score (nSPS) is 18.1. The van der Waals surface area contributed by atoms with E-state index in [4.69, 9.17) is 0 Å². The predicted molar refractivity (Wildman–Crippen MR) is 57.8 cm³/mol. The van der Waals surface area contributed by atoms with Gasteiger partial charge in [0.1, 0.15) is 0 Å². The monoisotopic (exact) mass is 251 g/mol. The zero-order valence-corrected chi connectivity index (χ0v) is 9.25. The van der Waals surface area contributed by atoms with E-state index < -0.39 is 0 Å². The van der Waals surface area contributed by atoms with Crippen molar-refractivity contribution in [2.75, 3.05) is 0 Å². The molecule has 2 rings (SSSR count). The van der Waals surface area contributed by atoms with Crippen LogP contribution in [0.3, 0.4) is 0 Å². The Labute approximate surface area is 91.2 Å². The molecular formula is C11H10BrNO. The van der Waals surface area contributed by atoms with Crippen molar-refractivity contribution in [1.29, 1.82) is 0 Å². The second kappa shape index (κ2) is 3.68. The van der Waals surface area contributed by atoms with E-state index in [1.165, 1.54) is 0 Å². The zero-order chi connectivity index (χ0) is 10.0. The lowest BCUT2D eigenvalue weighted by Crippen LogP contribution is -2.32. The van der Waals surface area contributed by atoms with Gasteiger partial charge in [0.15, 0.2) is 0 Å². The third-order valence-corrected chi connectivity index (χ3v) is 3.51. The van der Waals surface area contributed by atoms with Crippen molar-refractivity contribution in [1.82, 2.24) is 0 Å². The molecule has 0 heterocycles. The van der Waals surface area contributed by atoms with Crippen LogP contribution >= 0.6 is 15.9 Å². The van der Waals surface area contributed by atoms with E-state index in [9.17, 15) is 4.79 Å². The molecule has 1 fully saturated rings. The van der Waals surface area contributed by atoms with Crippen molar-refractivity contribution in [3.8, 4) is 0 Å². The third kappa shape index (κ3) is 1.43. The van der Waals surface area contributed by atoms with Crippen LogP contribution in [0.15, 0.2) is 33.7 Å². The number of hydrogen-bond acceptors (Lipinski definition) is 2. The molecule has 3 heteroatoms. The quantitative estimate of drug-likeness (QED) is 0.587. The average molecular weight is 252 g/mol. The van der Waals surface area contributed by atoms with Crippen LogP contribution in [0.5, 0.6) is 0 Å². The highest BCUT2D eigenvalue weighted by Crippen LogP contribution is 2.46. The summed E-state index contributed by atoms with van der Waals surface area (Å²) in [6.07, 6.45) is 4.72. The van der Waals surface area contributed by atoms with E-state index >= 15 is 0 Å². The number of isocyanates is 1. The molecule has 0 aromatic heterocycles. The van der Waals surface area contributed by atoms with Gasteiger partial charge in [0.2, 0.25) is 6.08 Å². The molecule has 14 heavy (non-hydrogen) atoms. The Balaban J connectivity index is 2.46. The molecule has 1 aliphatic carbocycles. The van der Waals surface area contributed by atoms with Gasteiger partial charge in [0.05, 0.1) is 5.54 Å². The molecule has 0 N–H and O–H groups in total. The summed E-state index contributed by atoms with van der Waals surface area (Å²) in [7, 11) is 0. The maximum absolute atomic E-state index is 10.4. The lowest BCUT2D eigenvalue weighted by molar-refractivity contribution is 0.255. The molecule has 0 atom stereocenters. The van der Waals surface area contributed by atoms with Gasteiger partial charge in [0, 0.05) is 4.47 Å². The molecule has 0 radical (unpaired) electrons. The number of benzene rings is 1. The highest BCUT2D eigenvalue weighted by Gasteiger charge is 2.39. The highest BCUT2D eigenvalue weighted by atomic mass is 79.9. The first-order chi connectivity index (χ1) is 6.78. The number of rotatable bonds is 2. The van der Waals surface area contributed by atoms with E-state index in [2.05, 4.69) is 20.9 Å². The summed E-state index contributed by atoms with van der Waals surface area (Å²) in [5.41, 5.74) is 0.816. The fourth-order valence-corrected chi connectivity index (χ4v) is 2.53. The Bertz CT molecular complexity index is 392. The second-order valence-electron chi connectivity index (χ2n) is 3.57. The van der Waals surface area contributed by atoms with Gasteiger partial charge < -0.3 is 0 Å². The van der Waals surface area contributed by atoms with Crippen LogP contribution < -0.4 is 0 Å². The molecule has 0 unspecified atom stereocenters. The Morgan fingerprint density at radius 1 is 1.36 bits per heavy atom. The van der Waals surface area contributed by atoms with Gasteiger partial charge in [-0.2, -0.15) is 4.99 Å². The molecule has 1 aromatic carbocycles. The summed E-state index contributed by atoms with van der Waals surface area (Å²) in [5, 5.41) is 0. The van der Waals surface area contributed by atoms with Crippen LogP contribution in [0.2, 0.25) is 0 Å². The molecule has 0 aliphatic heterocycles. The second-order valence-corrected chi connectivity index (χ2v) is 4.42. The summed E-state index contributed by atoms with van der Waals surface area (Å²) in [6.45, 7) is 0. The van der Waals surface area contributed by atoms with Gasteiger partial charge in [-0.1, -0.05) is 34.1 Å². The molecule has 0 amide bonds. The Morgan fingerprint density at radius 2 is 2.07 bits per heavy atom. The molecule has 2 nitrogen and oxygen atoms in total. The minimum absolute atomic E-state index is 0.290. The van der Waals surface area contributed by atoms with Crippen LogP contribution in [0.4, 0.5) is 0 Å². The summed E-state index contributed by atoms with van der Waals surface area (Å²) in [5.74, 6) is 0. The smallest absolute Gasteiger partial charge is 0.211 e. The molecule has 1 aromatic rings. The lowest BCUT2D eigenvalue weighted by atomic mass is 9.72. The average Bonchev–Trinajstić information content (AvgIpc) is 2.13. The van der Waals surface area contributed by atoms with Crippen molar-refractivity contribution >= 4 is 22.0 Å². The lowest BCUT2D eigenvalue weighted by Gasteiger charge is -2.37. The SMILES string of the molecule is O=C=NC1(c2ccccc2Br)CCC1. The molecule has 0 spiro atoms. The van der Waals surface area contributed by atoms with E-state index in [0.717, 1.165) is 29.3 Å². The Kier molecular flexibility index (Phi) is 2.53. The van der Waals surface area contributed by atoms with Crippen LogP contribution in [-0.4, -0.2) is 6.08 Å². The number of nitrogens with zero attached hydrogens (tertiary/aromatic N) is 1. The molecular weight excluding hydrogens is 242 g/mol. The number of aliphatic imine (C=N–C) groups is 1. The Hall–Kier alpha value is -0.920. The predicted octanol–water partition coefficient (Wildman–Crippen LogP) is 3.16. The van der Waals surface area contributed by atoms with Gasteiger partial charge in [-0.05, 0) is 30.9 Å². The summed E-state index contributed by atoms with van der Waals surface area (Å²) < 4.78 is 1.03. The fraction of sp³-hybridized carbons (Fsp3) is 0.364. The first-order valence-electron chi connectivity index (χ1n) is 4.62. The third-order valence-electron chi connectivity index (χ3n) is 2.82. The minimum Gasteiger partial charge on any atom is -0.211 e. The van der Waals surface area contributed by atoms with Gasteiger partial charge >= 0.3 is 0 Å². The summed E-state index contributed by atoms with van der Waals surface area (Å²) in [4.78, 5) is 14.3. The number of halogens is 1. The van der Waals surface area contributed by atoms with Crippen molar-refractivity contribution < 1.29 is 4.79 Å². The fourth-order valence-electron chi connectivity index (χ4n) is 1.88. The van der Waals surface area contributed by atoms with Crippen molar-refractivity contribution in [3.63, 3.8) is 0 Å². The topological polar surface area (TPSA) is 29.4 Å². The molecule has 0 bridgehead atoms. The highest BCUT2D eigenvalue weighted by molar-refractivity contribution is 9.10. The number of carbonyl (C=O) groups excluding carboxylic acids is 1. The van der Waals surface area contributed by atoms with Gasteiger partial charge in [-0.25, -0.2) is 4.79 Å². The molecule has 1 aliphatic rings. The standard InChI is InChI=1S/C11H10BrNO/c12-10-5-2-1-4-9(10)11(13-8-14)6-3-7-11/h1-2,4-5H,3,6-7H2. The first kappa shape index (κ1) is 9.63. The van der Waals surface area contributed by atoms with Gasteiger partial charge in [-0.15, -0.1) is 0 Å². The number of hydrogen-bond donors (Lipinski definition) is 0. The van der Waals surface area contributed by atoms with Crippen LogP contribution in [0.25, 0.3) is 0 Å². The van der Waals surface area contributed by atoms with E-state index in [0.29, 0.717) is 0 Å². The van der Waals surface area contributed by atoms with Crippen molar-refractivity contribution in [2.24, 2.45) is 4.99 Å². The van der Waals surface area contributed by atoms with Gasteiger partial charge in [0.25, 0.3) is 0 Å². The van der Waals surface area contributed by atoms with E-state index in [-0.39, 0.29) is 5.54 Å². The molecule has 0 saturated heterocycles. The largest absolute Gasteiger partial charge is 0.235 e. The van der Waals surface area contributed by atoms with Crippen LogP contribution in [-0.2, 0) is 10.3 Å². The Morgan fingerprint density at radius 3 is 2.57 bits per heavy atom. The first-order valence-corrected chi connectivity index (χ1v) is 5.42. The van der Waals surface area contributed by atoms with Gasteiger partial charge in [-0.3, -0.25) is 0 Å².